The zero-order valence-electron chi connectivity index (χ0n) is 13.1. The Morgan fingerprint density at radius 1 is 1.33 bits per heavy atom. The van der Waals surface area contributed by atoms with Crippen molar-refractivity contribution in [2.45, 2.75) is 19.9 Å². The molecule has 0 aliphatic heterocycles. The molecule has 7 nitrogen and oxygen atoms in total. The summed E-state index contributed by atoms with van der Waals surface area (Å²) >= 11 is 5.99. The third-order valence-corrected chi connectivity index (χ3v) is 4.03. The van der Waals surface area contributed by atoms with Crippen LogP contribution in [0, 0.1) is 17.0 Å². The van der Waals surface area contributed by atoms with Crippen molar-refractivity contribution < 1.29 is 4.92 Å². The van der Waals surface area contributed by atoms with Crippen molar-refractivity contribution in [1.29, 1.82) is 0 Å². The zero-order valence-corrected chi connectivity index (χ0v) is 13.8. The summed E-state index contributed by atoms with van der Waals surface area (Å²) in [6.45, 7) is 2.97. The van der Waals surface area contributed by atoms with Gasteiger partial charge < -0.3 is 15.4 Å². The molecule has 124 valence electrons. The average Bonchev–Trinajstić information content (AvgIpc) is 2.92. The minimum atomic E-state index is -0.409. The first kappa shape index (κ1) is 16.2. The molecule has 3 rings (SSSR count). The molecule has 2 aromatic heterocycles. The second-order valence-corrected chi connectivity index (χ2v) is 5.81. The van der Waals surface area contributed by atoms with Crippen LogP contribution >= 0.6 is 11.6 Å². The van der Waals surface area contributed by atoms with Crippen molar-refractivity contribution in [2.75, 3.05) is 11.9 Å². The minimum Gasteiger partial charge on any atom is -0.384 e. The summed E-state index contributed by atoms with van der Waals surface area (Å²) in [5.41, 5.74) is 1.79. The van der Waals surface area contributed by atoms with E-state index in [4.69, 9.17) is 11.6 Å². The maximum atomic E-state index is 11.0. The highest BCUT2D eigenvalue weighted by molar-refractivity contribution is 6.31. The smallest absolute Gasteiger partial charge is 0.342 e. The van der Waals surface area contributed by atoms with Crippen molar-refractivity contribution in [3.05, 3.63) is 57.6 Å². The van der Waals surface area contributed by atoms with E-state index in [9.17, 15) is 10.1 Å². The first-order chi connectivity index (χ1) is 11.6. The fourth-order valence-electron chi connectivity index (χ4n) is 2.61. The number of aromatic nitrogens is 3. The van der Waals surface area contributed by atoms with Gasteiger partial charge >= 0.3 is 5.82 Å². The lowest BCUT2D eigenvalue weighted by molar-refractivity contribution is -0.392. The van der Waals surface area contributed by atoms with Crippen LogP contribution in [0.1, 0.15) is 12.2 Å². The van der Waals surface area contributed by atoms with E-state index in [1.807, 2.05) is 24.3 Å². The lowest BCUT2D eigenvalue weighted by atomic mass is 10.2. The SMILES string of the molecule is Cc1ncc([N+](=O)[O-])n1CCCNc1ccnc2cc(Cl)ccc12. The molecule has 0 atom stereocenters. The molecule has 0 unspecified atom stereocenters. The molecular weight excluding hydrogens is 330 g/mol. The van der Waals surface area contributed by atoms with Crippen LogP contribution in [-0.2, 0) is 6.54 Å². The van der Waals surface area contributed by atoms with Gasteiger partial charge in [0.2, 0.25) is 0 Å². The van der Waals surface area contributed by atoms with Gasteiger partial charge in [-0.15, -0.1) is 0 Å². The van der Waals surface area contributed by atoms with Gasteiger partial charge in [-0.1, -0.05) is 11.6 Å². The van der Waals surface area contributed by atoms with Gasteiger partial charge in [0.05, 0.1) is 12.1 Å². The van der Waals surface area contributed by atoms with Gasteiger partial charge in [0.25, 0.3) is 0 Å². The van der Waals surface area contributed by atoms with Gasteiger partial charge in [0.15, 0.2) is 5.82 Å². The molecule has 0 radical (unpaired) electrons. The summed E-state index contributed by atoms with van der Waals surface area (Å²) in [4.78, 5) is 18.9. The molecule has 24 heavy (non-hydrogen) atoms. The molecule has 0 aliphatic rings. The monoisotopic (exact) mass is 345 g/mol. The molecule has 0 saturated carbocycles. The maximum absolute atomic E-state index is 11.0. The summed E-state index contributed by atoms with van der Waals surface area (Å²) in [6.07, 6.45) is 3.75. The molecule has 3 aromatic rings. The fourth-order valence-corrected chi connectivity index (χ4v) is 2.78. The van der Waals surface area contributed by atoms with Crippen LogP contribution in [0.3, 0.4) is 0 Å². The lowest BCUT2D eigenvalue weighted by Crippen LogP contribution is -2.10. The van der Waals surface area contributed by atoms with Crippen LogP contribution in [0.25, 0.3) is 10.9 Å². The predicted molar refractivity (Wildman–Crippen MR) is 93.5 cm³/mol. The Balaban J connectivity index is 1.66. The summed E-state index contributed by atoms with van der Waals surface area (Å²) < 4.78 is 1.62. The van der Waals surface area contributed by atoms with E-state index in [0.29, 0.717) is 23.9 Å². The van der Waals surface area contributed by atoms with Crippen molar-refractivity contribution >= 4 is 34.0 Å². The van der Waals surface area contributed by atoms with Crippen molar-refractivity contribution in [1.82, 2.24) is 14.5 Å². The number of nitrogens with one attached hydrogen (secondary N) is 1. The van der Waals surface area contributed by atoms with Crippen LogP contribution in [-0.4, -0.2) is 26.0 Å². The number of aryl methyl sites for hydroxylation is 1. The highest BCUT2D eigenvalue weighted by Gasteiger charge is 2.16. The molecule has 8 heteroatoms. The number of hydrogen-bond donors (Lipinski definition) is 1. The number of benzene rings is 1. The summed E-state index contributed by atoms with van der Waals surface area (Å²) in [6, 6.07) is 7.48. The predicted octanol–water partition coefficient (Wildman–Crippen LogP) is 3.80. The van der Waals surface area contributed by atoms with E-state index in [-0.39, 0.29) is 5.82 Å². The Labute approximate surface area is 143 Å². The number of fused-ring (bicyclic) bond motifs is 1. The van der Waals surface area contributed by atoms with Crippen LogP contribution in [0.15, 0.2) is 36.7 Å². The van der Waals surface area contributed by atoms with Crippen LogP contribution in [0.2, 0.25) is 5.02 Å². The quantitative estimate of drug-likeness (QED) is 0.417. The number of pyridine rings is 1. The molecular formula is C16H16ClN5O2. The number of nitrogens with zero attached hydrogens (tertiary/aromatic N) is 4. The molecule has 0 saturated heterocycles. The molecule has 0 bridgehead atoms. The van der Waals surface area contributed by atoms with Crippen LogP contribution in [0.5, 0.6) is 0 Å². The number of imidazole rings is 1. The van der Waals surface area contributed by atoms with Crippen LogP contribution < -0.4 is 5.32 Å². The number of halogens is 1. The highest BCUT2D eigenvalue weighted by atomic mass is 35.5. The van der Waals surface area contributed by atoms with Crippen molar-refractivity contribution in [3.63, 3.8) is 0 Å². The van der Waals surface area contributed by atoms with Gasteiger partial charge in [-0.2, -0.15) is 0 Å². The summed E-state index contributed by atoms with van der Waals surface area (Å²) in [5.74, 6) is 0.669. The Morgan fingerprint density at radius 3 is 2.96 bits per heavy atom. The molecule has 1 aromatic carbocycles. The standard InChI is InChI=1S/C16H16ClN5O2/c1-11-20-10-16(22(23)24)21(11)8-2-6-18-14-5-7-19-15-9-12(17)3-4-13(14)15/h3-5,7,9-10H,2,6,8H2,1H3,(H,18,19). The Kier molecular flexibility index (Phi) is 4.61. The Morgan fingerprint density at radius 2 is 2.17 bits per heavy atom. The Bertz CT molecular complexity index is 893. The van der Waals surface area contributed by atoms with Gasteiger partial charge in [0.1, 0.15) is 6.20 Å². The van der Waals surface area contributed by atoms with Gasteiger partial charge in [-0.25, -0.2) is 9.55 Å². The largest absolute Gasteiger partial charge is 0.384 e. The summed E-state index contributed by atoms with van der Waals surface area (Å²) in [7, 11) is 0. The van der Waals surface area contributed by atoms with Crippen LogP contribution in [0.4, 0.5) is 11.5 Å². The minimum absolute atomic E-state index is 0.0245. The average molecular weight is 346 g/mol. The fraction of sp³-hybridized carbons (Fsp3) is 0.250. The summed E-state index contributed by atoms with van der Waals surface area (Å²) in [5, 5.41) is 16.0. The second-order valence-electron chi connectivity index (χ2n) is 5.37. The lowest BCUT2D eigenvalue weighted by Gasteiger charge is -2.09. The van der Waals surface area contributed by atoms with Crippen molar-refractivity contribution in [3.8, 4) is 0 Å². The molecule has 1 N–H and O–H groups in total. The third-order valence-electron chi connectivity index (χ3n) is 3.80. The maximum Gasteiger partial charge on any atom is 0.342 e. The Hall–Kier alpha value is -2.67. The van der Waals surface area contributed by atoms with E-state index >= 15 is 0 Å². The van der Waals surface area contributed by atoms with Gasteiger partial charge in [-0.3, -0.25) is 4.98 Å². The van der Waals surface area contributed by atoms with E-state index < -0.39 is 4.92 Å². The first-order valence-electron chi connectivity index (χ1n) is 7.51. The first-order valence-corrected chi connectivity index (χ1v) is 7.89. The highest BCUT2D eigenvalue weighted by Crippen LogP contribution is 2.24. The second kappa shape index (κ2) is 6.84. The molecule has 0 fully saturated rings. The number of hydrogen-bond acceptors (Lipinski definition) is 5. The van der Waals surface area contributed by atoms with E-state index in [2.05, 4.69) is 15.3 Å². The van der Waals surface area contributed by atoms with Crippen molar-refractivity contribution in [2.24, 2.45) is 0 Å². The number of nitro groups is 1. The molecule has 2 heterocycles. The number of anilines is 1. The molecule has 0 aliphatic carbocycles. The van der Waals surface area contributed by atoms with E-state index in [0.717, 1.165) is 23.0 Å². The zero-order chi connectivity index (χ0) is 17.1. The molecule has 0 spiro atoms. The third kappa shape index (κ3) is 3.30. The van der Waals surface area contributed by atoms with Gasteiger partial charge in [-0.05, 0) is 29.2 Å². The number of rotatable bonds is 6. The van der Waals surface area contributed by atoms with Gasteiger partial charge in [0, 0.05) is 42.2 Å². The topological polar surface area (TPSA) is 85.9 Å². The van der Waals surface area contributed by atoms with E-state index in [1.54, 1.807) is 17.7 Å². The normalized spacial score (nSPS) is 10.9. The molecule has 0 amide bonds. The van der Waals surface area contributed by atoms with E-state index in [1.165, 1.54) is 6.20 Å².